The number of thiazole rings is 1. The van der Waals surface area contributed by atoms with Crippen LogP contribution < -0.4 is 10.0 Å². The lowest BCUT2D eigenvalue weighted by Crippen LogP contribution is -2.23. The van der Waals surface area contributed by atoms with Crippen molar-refractivity contribution in [1.29, 1.82) is 0 Å². The third kappa shape index (κ3) is 5.39. The Hall–Kier alpha value is -2.26. The minimum Gasteiger partial charge on any atom is -0.347 e. The summed E-state index contributed by atoms with van der Waals surface area (Å²) in [7, 11) is -1.92. The van der Waals surface area contributed by atoms with Crippen molar-refractivity contribution in [2.75, 3.05) is 7.05 Å². The average molecular weight is 436 g/mol. The summed E-state index contributed by atoms with van der Waals surface area (Å²) >= 11 is 7.28. The van der Waals surface area contributed by atoms with Gasteiger partial charge in [-0.05, 0) is 30.3 Å². The molecular weight excluding hydrogens is 418 g/mol. The van der Waals surface area contributed by atoms with E-state index in [2.05, 4.69) is 15.0 Å². The molecule has 0 bridgehead atoms. The molecule has 146 valence electrons. The molecule has 0 fully saturated rings. The summed E-state index contributed by atoms with van der Waals surface area (Å²) in [5.74, 6) is -0.346. The van der Waals surface area contributed by atoms with Gasteiger partial charge < -0.3 is 5.32 Å². The van der Waals surface area contributed by atoms with Gasteiger partial charge >= 0.3 is 0 Å². The third-order valence-electron chi connectivity index (χ3n) is 3.97. The van der Waals surface area contributed by atoms with Crippen molar-refractivity contribution in [1.82, 2.24) is 15.0 Å². The number of benzene rings is 2. The SMILES string of the molecule is CNS(=O)(=O)Cc1ccc(CNC(=O)c2csc(-c3ccc(Cl)cc3)n2)cc1. The number of nitrogens with one attached hydrogen (secondary N) is 2. The Bertz CT molecular complexity index is 1060. The van der Waals surface area contributed by atoms with Gasteiger partial charge in [-0.2, -0.15) is 0 Å². The van der Waals surface area contributed by atoms with Crippen LogP contribution in [0, 0.1) is 0 Å². The number of amides is 1. The first-order valence-electron chi connectivity index (χ1n) is 8.35. The van der Waals surface area contributed by atoms with Gasteiger partial charge in [0.1, 0.15) is 10.7 Å². The van der Waals surface area contributed by atoms with E-state index >= 15 is 0 Å². The summed E-state index contributed by atoms with van der Waals surface area (Å²) in [4.78, 5) is 16.7. The summed E-state index contributed by atoms with van der Waals surface area (Å²) in [6.07, 6.45) is 0. The fourth-order valence-corrected chi connectivity index (χ4v) is 4.13. The van der Waals surface area contributed by atoms with Crippen molar-refractivity contribution in [3.63, 3.8) is 0 Å². The zero-order valence-electron chi connectivity index (χ0n) is 15.0. The number of nitrogens with zero attached hydrogens (tertiary/aromatic N) is 1. The van der Waals surface area contributed by atoms with E-state index in [9.17, 15) is 13.2 Å². The summed E-state index contributed by atoms with van der Waals surface area (Å²) < 4.78 is 25.4. The topological polar surface area (TPSA) is 88.2 Å². The van der Waals surface area contributed by atoms with Crippen molar-refractivity contribution in [2.24, 2.45) is 0 Å². The van der Waals surface area contributed by atoms with Gasteiger partial charge in [-0.1, -0.05) is 48.0 Å². The van der Waals surface area contributed by atoms with E-state index in [0.29, 0.717) is 22.8 Å². The number of carbonyl (C=O) groups excluding carboxylic acids is 1. The predicted octanol–water partition coefficient (Wildman–Crippen LogP) is 3.44. The molecule has 1 aromatic heterocycles. The number of hydrogen-bond acceptors (Lipinski definition) is 5. The van der Waals surface area contributed by atoms with Gasteiger partial charge in [0.05, 0.1) is 5.75 Å². The van der Waals surface area contributed by atoms with Crippen LogP contribution in [0.25, 0.3) is 10.6 Å². The van der Waals surface area contributed by atoms with Gasteiger partial charge in [-0.3, -0.25) is 4.79 Å². The number of hydrogen-bond donors (Lipinski definition) is 2. The van der Waals surface area contributed by atoms with Gasteiger partial charge in [0.2, 0.25) is 10.0 Å². The van der Waals surface area contributed by atoms with Crippen molar-refractivity contribution in [3.05, 3.63) is 75.8 Å². The first-order valence-corrected chi connectivity index (χ1v) is 11.3. The van der Waals surface area contributed by atoms with Gasteiger partial charge in [0.25, 0.3) is 5.91 Å². The zero-order valence-corrected chi connectivity index (χ0v) is 17.4. The van der Waals surface area contributed by atoms with Crippen LogP contribution in [-0.2, 0) is 22.3 Å². The Morgan fingerprint density at radius 2 is 1.71 bits per heavy atom. The Morgan fingerprint density at radius 3 is 2.36 bits per heavy atom. The molecular formula is C19H18ClN3O3S2. The second-order valence-electron chi connectivity index (χ2n) is 6.01. The molecule has 2 aromatic carbocycles. The Kier molecular flexibility index (Phi) is 6.46. The lowest BCUT2D eigenvalue weighted by molar-refractivity contribution is 0.0946. The van der Waals surface area contributed by atoms with E-state index in [1.54, 1.807) is 41.8 Å². The molecule has 0 saturated heterocycles. The van der Waals surface area contributed by atoms with Crippen molar-refractivity contribution >= 4 is 38.9 Å². The molecule has 2 N–H and O–H groups in total. The van der Waals surface area contributed by atoms with Gasteiger partial charge in [0, 0.05) is 22.5 Å². The maximum Gasteiger partial charge on any atom is 0.271 e. The van der Waals surface area contributed by atoms with Crippen LogP contribution in [0.4, 0.5) is 0 Å². The van der Waals surface area contributed by atoms with Crippen molar-refractivity contribution in [2.45, 2.75) is 12.3 Å². The second kappa shape index (κ2) is 8.83. The van der Waals surface area contributed by atoms with Crippen molar-refractivity contribution < 1.29 is 13.2 Å². The van der Waals surface area contributed by atoms with E-state index in [-0.39, 0.29) is 11.7 Å². The number of sulfonamides is 1. The molecule has 9 heteroatoms. The highest BCUT2D eigenvalue weighted by Crippen LogP contribution is 2.25. The Morgan fingerprint density at radius 1 is 1.07 bits per heavy atom. The second-order valence-corrected chi connectivity index (χ2v) is 9.23. The summed E-state index contributed by atoms with van der Waals surface area (Å²) in [5, 5.41) is 5.93. The molecule has 0 saturated carbocycles. The summed E-state index contributed by atoms with van der Waals surface area (Å²) in [6.45, 7) is 0.325. The standard InChI is InChI=1S/C19H18ClN3O3S2/c1-21-28(25,26)12-14-4-2-13(3-5-14)10-22-18(24)17-11-27-19(23-17)15-6-8-16(20)9-7-15/h2-9,11,21H,10,12H2,1H3,(H,22,24). The number of carbonyl (C=O) groups is 1. The highest BCUT2D eigenvalue weighted by atomic mass is 35.5. The molecule has 3 aromatic rings. The minimum atomic E-state index is -3.30. The van der Waals surface area contributed by atoms with Crippen LogP contribution in [0.1, 0.15) is 21.6 Å². The Balaban J connectivity index is 1.59. The monoisotopic (exact) mass is 435 g/mol. The lowest BCUT2D eigenvalue weighted by Gasteiger charge is -2.06. The van der Waals surface area contributed by atoms with Crippen LogP contribution in [0.3, 0.4) is 0 Å². The number of rotatable bonds is 7. The molecule has 0 radical (unpaired) electrons. The highest BCUT2D eigenvalue weighted by Gasteiger charge is 2.12. The molecule has 0 atom stereocenters. The van der Waals surface area contributed by atoms with Gasteiger partial charge in [0.15, 0.2) is 0 Å². The van der Waals surface area contributed by atoms with Gasteiger partial charge in [-0.25, -0.2) is 18.1 Å². The minimum absolute atomic E-state index is 0.0809. The molecule has 3 rings (SSSR count). The lowest BCUT2D eigenvalue weighted by atomic mass is 10.1. The molecule has 28 heavy (non-hydrogen) atoms. The third-order valence-corrected chi connectivity index (χ3v) is 6.45. The highest BCUT2D eigenvalue weighted by molar-refractivity contribution is 7.88. The van der Waals surface area contributed by atoms with Crippen molar-refractivity contribution in [3.8, 4) is 10.6 Å². The van der Waals surface area contributed by atoms with Crippen LogP contribution >= 0.6 is 22.9 Å². The maximum absolute atomic E-state index is 12.3. The summed E-state index contributed by atoms with van der Waals surface area (Å²) in [5.41, 5.74) is 2.80. The van der Waals surface area contributed by atoms with E-state index in [1.807, 2.05) is 12.1 Å². The largest absolute Gasteiger partial charge is 0.347 e. The van der Waals surface area contributed by atoms with Gasteiger partial charge in [-0.15, -0.1) is 11.3 Å². The molecule has 1 amide bonds. The average Bonchev–Trinajstić information content (AvgIpc) is 3.18. The van der Waals surface area contributed by atoms with E-state index < -0.39 is 10.0 Å². The number of aromatic nitrogens is 1. The molecule has 0 unspecified atom stereocenters. The fraction of sp³-hybridized carbons (Fsp3) is 0.158. The molecule has 0 aliphatic heterocycles. The van der Waals surface area contributed by atoms with E-state index in [0.717, 1.165) is 16.1 Å². The maximum atomic E-state index is 12.3. The molecule has 0 aliphatic carbocycles. The smallest absolute Gasteiger partial charge is 0.271 e. The Labute approximate surface area is 172 Å². The quantitative estimate of drug-likeness (QED) is 0.595. The molecule has 1 heterocycles. The first kappa shape index (κ1) is 20.5. The van der Waals surface area contributed by atoms with E-state index in [4.69, 9.17) is 11.6 Å². The molecule has 0 spiro atoms. The normalized spacial score (nSPS) is 11.4. The predicted molar refractivity (Wildman–Crippen MR) is 112 cm³/mol. The zero-order chi connectivity index (χ0) is 20.1. The fourth-order valence-electron chi connectivity index (χ4n) is 2.42. The number of halogens is 1. The van der Waals surface area contributed by atoms with Crippen LogP contribution in [0.15, 0.2) is 53.9 Å². The summed E-state index contributed by atoms with van der Waals surface area (Å²) in [6, 6.07) is 14.3. The van der Waals surface area contributed by atoms with E-state index in [1.165, 1.54) is 18.4 Å². The van der Waals surface area contributed by atoms with Crippen LogP contribution in [0.2, 0.25) is 5.02 Å². The first-order chi connectivity index (χ1) is 13.4. The van der Waals surface area contributed by atoms with Crippen LogP contribution in [0.5, 0.6) is 0 Å². The van der Waals surface area contributed by atoms with Crippen LogP contribution in [-0.4, -0.2) is 26.4 Å². The molecule has 6 nitrogen and oxygen atoms in total. The molecule has 0 aliphatic rings.